The van der Waals surface area contributed by atoms with Crippen LogP contribution in [0.1, 0.15) is 12.5 Å². The molecule has 0 saturated heterocycles. The van der Waals surface area contributed by atoms with Crippen LogP contribution in [-0.4, -0.2) is 19.1 Å². The standard InChI is InChI=1S/C13H18N2/c1-2-3-9-15-13(11-14)10-12-7-5-4-6-8-12/h4-8,13,15H,9-11,14H2,1H3. The quantitative estimate of drug-likeness (QED) is 0.703. The molecule has 2 heteroatoms. The smallest absolute Gasteiger partial charge is 0.0579 e. The third kappa shape index (κ3) is 4.64. The summed E-state index contributed by atoms with van der Waals surface area (Å²) in [5.41, 5.74) is 7.00. The lowest BCUT2D eigenvalue weighted by atomic mass is 10.1. The summed E-state index contributed by atoms with van der Waals surface area (Å²) in [6.07, 6.45) is 0.961. The monoisotopic (exact) mass is 202 g/mol. The Morgan fingerprint density at radius 1 is 1.33 bits per heavy atom. The van der Waals surface area contributed by atoms with E-state index < -0.39 is 0 Å². The molecule has 2 nitrogen and oxygen atoms in total. The normalized spacial score (nSPS) is 11.6. The van der Waals surface area contributed by atoms with Gasteiger partial charge in [-0.05, 0) is 18.9 Å². The molecule has 3 N–H and O–H groups in total. The molecular weight excluding hydrogens is 184 g/mol. The van der Waals surface area contributed by atoms with Gasteiger partial charge in [0.05, 0.1) is 6.54 Å². The fourth-order valence-corrected chi connectivity index (χ4v) is 1.42. The topological polar surface area (TPSA) is 38.0 Å². The second kappa shape index (κ2) is 7.05. The highest BCUT2D eigenvalue weighted by Crippen LogP contribution is 2.01. The van der Waals surface area contributed by atoms with E-state index in [-0.39, 0.29) is 0 Å². The molecule has 0 aliphatic rings. The van der Waals surface area contributed by atoms with Crippen molar-refractivity contribution >= 4 is 0 Å². The zero-order chi connectivity index (χ0) is 10.9. The summed E-state index contributed by atoms with van der Waals surface area (Å²) in [4.78, 5) is 0. The SMILES string of the molecule is CC#CCNC(CN)Cc1ccccc1. The minimum atomic E-state index is 0.313. The second-order valence-electron chi connectivity index (χ2n) is 3.43. The van der Waals surface area contributed by atoms with E-state index in [1.54, 1.807) is 0 Å². The molecule has 0 bridgehead atoms. The molecule has 0 aliphatic heterocycles. The molecule has 0 fully saturated rings. The molecule has 1 aromatic rings. The molecule has 1 aromatic carbocycles. The molecule has 0 amide bonds. The second-order valence-corrected chi connectivity index (χ2v) is 3.43. The van der Waals surface area contributed by atoms with Crippen LogP contribution in [0.4, 0.5) is 0 Å². The average molecular weight is 202 g/mol. The van der Waals surface area contributed by atoms with Crippen LogP contribution in [0.25, 0.3) is 0 Å². The van der Waals surface area contributed by atoms with Crippen molar-refractivity contribution in [1.29, 1.82) is 0 Å². The molecule has 0 radical (unpaired) electrons. The first-order valence-corrected chi connectivity index (χ1v) is 5.23. The van der Waals surface area contributed by atoms with Crippen LogP contribution < -0.4 is 11.1 Å². The summed E-state index contributed by atoms with van der Waals surface area (Å²) in [5, 5.41) is 3.32. The minimum Gasteiger partial charge on any atom is -0.329 e. The van der Waals surface area contributed by atoms with E-state index in [9.17, 15) is 0 Å². The Hall–Kier alpha value is -1.30. The van der Waals surface area contributed by atoms with Crippen molar-refractivity contribution in [1.82, 2.24) is 5.32 Å². The summed E-state index contributed by atoms with van der Waals surface area (Å²) >= 11 is 0. The van der Waals surface area contributed by atoms with Crippen LogP contribution in [-0.2, 0) is 6.42 Å². The van der Waals surface area contributed by atoms with Crippen molar-refractivity contribution in [3.05, 3.63) is 35.9 Å². The van der Waals surface area contributed by atoms with Crippen LogP contribution in [0.3, 0.4) is 0 Å². The molecule has 0 spiro atoms. The largest absolute Gasteiger partial charge is 0.329 e. The van der Waals surface area contributed by atoms with Crippen molar-refractivity contribution in [2.24, 2.45) is 5.73 Å². The first kappa shape index (κ1) is 11.8. The molecule has 1 rings (SSSR count). The van der Waals surface area contributed by atoms with Crippen LogP contribution >= 0.6 is 0 Å². The van der Waals surface area contributed by atoms with E-state index in [2.05, 4.69) is 41.4 Å². The van der Waals surface area contributed by atoms with Gasteiger partial charge in [0.15, 0.2) is 0 Å². The maximum Gasteiger partial charge on any atom is 0.0579 e. The number of hydrogen-bond acceptors (Lipinski definition) is 2. The van der Waals surface area contributed by atoms with Gasteiger partial charge in [0, 0.05) is 12.6 Å². The zero-order valence-electron chi connectivity index (χ0n) is 9.16. The maximum absolute atomic E-state index is 5.69. The van der Waals surface area contributed by atoms with Crippen molar-refractivity contribution < 1.29 is 0 Å². The molecule has 0 aromatic heterocycles. The van der Waals surface area contributed by atoms with Crippen LogP contribution in [0, 0.1) is 11.8 Å². The molecule has 0 heterocycles. The van der Waals surface area contributed by atoms with Gasteiger partial charge in [0.1, 0.15) is 0 Å². The summed E-state index contributed by atoms with van der Waals surface area (Å²) in [5.74, 6) is 5.84. The van der Waals surface area contributed by atoms with Gasteiger partial charge < -0.3 is 11.1 Å². The predicted molar refractivity (Wildman–Crippen MR) is 64.4 cm³/mol. The van der Waals surface area contributed by atoms with E-state index in [0.717, 1.165) is 6.42 Å². The van der Waals surface area contributed by atoms with Gasteiger partial charge >= 0.3 is 0 Å². The third-order valence-electron chi connectivity index (χ3n) is 2.27. The Labute approximate surface area is 91.9 Å². The Kier molecular flexibility index (Phi) is 5.54. The van der Waals surface area contributed by atoms with Gasteiger partial charge in [-0.25, -0.2) is 0 Å². The number of nitrogens with one attached hydrogen (secondary N) is 1. The highest BCUT2D eigenvalue weighted by atomic mass is 14.9. The molecule has 15 heavy (non-hydrogen) atoms. The van der Waals surface area contributed by atoms with Gasteiger partial charge in [0.25, 0.3) is 0 Å². The van der Waals surface area contributed by atoms with E-state index in [4.69, 9.17) is 5.73 Å². The Morgan fingerprint density at radius 3 is 2.67 bits per heavy atom. The van der Waals surface area contributed by atoms with E-state index >= 15 is 0 Å². The molecular formula is C13H18N2. The van der Waals surface area contributed by atoms with Crippen LogP contribution in [0.2, 0.25) is 0 Å². The van der Waals surface area contributed by atoms with Gasteiger partial charge in [0.2, 0.25) is 0 Å². The first-order valence-electron chi connectivity index (χ1n) is 5.23. The van der Waals surface area contributed by atoms with Crippen molar-refractivity contribution in [2.45, 2.75) is 19.4 Å². The Balaban J connectivity index is 2.42. The number of rotatable bonds is 5. The predicted octanol–water partition coefficient (Wildman–Crippen LogP) is 1.17. The fourth-order valence-electron chi connectivity index (χ4n) is 1.42. The molecule has 80 valence electrons. The maximum atomic E-state index is 5.69. The number of hydrogen-bond donors (Lipinski definition) is 2. The molecule has 0 aliphatic carbocycles. The average Bonchev–Trinajstić information content (AvgIpc) is 2.29. The fraction of sp³-hybridized carbons (Fsp3) is 0.385. The lowest BCUT2D eigenvalue weighted by Crippen LogP contribution is -2.38. The van der Waals surface area contributed by atoms with E-state index in [1.807, 2.05) is 13.0 Å². The van der Waals surface area contributed by atoms with Gasteiger partial charge in [-0.3, -0.25) is 0 Å². The van der Waals surface area contributed by atoms with Gasteiger partial charge in [-0.15, -0.1) is 5.92 Å². The summed E-state index contributed by atoms with van der Waals surface area (Å²) < 4.78 is 0. The van der Waals surface area contributed by atoms with Crippen molar-refractivity contribution in [3.63, 3.8) is 0 Å². The van der Waals surface area contributed by atoms with Gasteiger partial charge in [-0.1, -0.05) is 36.3 Å². The Morgan fingerprint density at radius 2 is 2.07 bits per heavy atom. The highest BCUT2D eigenvalue weighted by Gasteiger charge is 2.05. The van der Waals surface area contributed by atoms with E-state index in [1.165, 1.54) is 5.56 Å². The molecule has 0 saturated carbocycles. The Bertz CT molecular complexity index is 321. The van der Waals surface area contributed by atoms with Gasteiger partial charge in [-0.2, -0.15) is 0 Å². The zero-order valence-corrected chi connectivity index (χ0v) is 9.16. The lowest BCUT2D eigenvalue weighted by molar-refractivity contribution is 0.549. The lowest BCUT2D eigenvalue weighted by Gasteiger charge is -2.14. The van der Waals surface area contributed by atoms with Crippen molar-refractivity contribution in [3.8, 4) is 11.8 Å². The first-order chi connectivity index (χ1) is 7.36. The number of nitrogens with two attached hydrogens (primary N) is 1. The van der Waals surface area contributed by atoms with E-state index in [0.29, 0.717) is 19.1 Å². The highest BCUT2D eigenvalue weighted by molar-refractivity contribution is 5.16. The summed E-state index contributed by atoms with van der Waals surface area (Å²) in [6.45, 7) is 3.20. The third-order valence-corrected chi connectivity index (χ3v) is 2.27. The minimum absolute atomic E-state index is 0.313. The molecule has 1 unspecified atom stereocenters. The van der Waals surface area contributed by atoms with Crippen molar-refractivity contribution in [2.75, 3.05) is 13.1 Å². The summed E-state index contributed by atoms with van der Waals surface area (Å²) in [6, 6.07) is 10.7. The molecule has 1 atom stereocenters. The van der Waals surface area contributed by atoms with Crippen LogP contribution in [0.15, 0.2) is 30.3 Å². The van der Waals surface area contributed by atoms with Crippen LogP contribution in [0.5, 0.6) is 0 Å². The summed E-state index contributed by atoms with van der Waals surface area (Å²) in [7, 11) is 0. The number of benzene rings is 1.